The maximum atomic E-state index is 13.5. The molecule has 0 aliphatic heterocycles. The summed E-state index contributed by atoms with van der Waals surface area (Å²) in [5.41, 5.74) is 17.4. The van der Waals surface area contributed by atoms with Crippen molar-refractivity contribution in [2.75, 3.05) is 0 Å². The number of carbonyl (C=O) groups is 7. The summed E-state index contributed by atoms with van der Waals surface area (Å²) >= 11 is 0. The Morgan fingerprint density at radius 1 is 0.738 bits per heavy atom. The predicted molar refractivity (Wildman–Crippen MR) is 147 cm³/mol. The van der Waals surface area contributed by atoms with Crippen molar-refractivity contribution in [3.05, 3.63) is 36.0 Å². The molecular weight excluding hydrogens is 554 g/mol. The first kappa shape index (κ1) is 33.2. The molecule has 1 heterocycles. The molecule has 2 aromatic rings. The fourth-order valence-corrected chi connectivity index (χ4v) is 4.06. The Hall–Kier alpha value is -4.99. The molecule has 2 rings (SSSR count). The zero-order chi connectivity index (χ0) is 31.4. The summed E-state index contributed by atoms with van der Waals surface area (Å²) in [6.45, 7) is 0. The highest BCUT2D eigenvalue weighted by molar-refractivity contribution is 5.95. The van der Waals surface area contributed by atoms with Crippen molar-refractivity contribution in [1.29, 1.82) is 0 Å². The first-order valence-electron chi connectivity index (χ1n) is 13.0. The number of fused-ring (bicyclic) bond motifs is 1. The van der Waals surface area contributed by atoms with Gasteiger partial charge in [-0.05, 0) is 30.9 Å². The Bertz CT molecular complexity index is 1330. The van der Waals surface area contributed by atoms with Crippen LogP contribution in [0.2, 0.25) is 0 Å². The topological polar surface area (TPSA) is 290 Å². The van der Waals surface area contributed by atoms with Crippen LogP contribution < -0.4 is 33.2 Å². The maximum Gasteiger partial charge on any atom is 0.326 e. The largest absolute Gasteiger partial charge is 0.481 e. The van der Waals surface area contributed by atoms with Crippen LogP contribution in [0.5, 0.6) is 0 Å². The highest BCUT2D eigenvalue weighted by Crippen LogP contribution is 2.19. The molecule has 12 N–H and O–H groups in total. The number of aliphatic carboxylic acids is 2. The number of aromatic nitrogens is 1. The van der Waals surface area contributed by atoms with Crippen LogP contribution in [0.15, 0.2) is 30.5 Å². The zero-order valence-corrected chi connectivity index (χ0v) is 22.6. The third-order valence-electron chi connectivity index (χ3n) is 6.34. The number of hydrogen-bond acceptors (Lipinski definition) is 8. The number of para-hydroxylation sites is 1. The van der Waals surface area contributed by atoms with Crippen molar-refractivity contribution in [2.24, 2.45) is 17.2 Å². The van der Waals surface area contributed by atoms with Gasteiger partial charge >= 0.3 is 11.9 Å². The summed E-state index contributed by atoms with van der Waals surface area (Å²) in [5, 5.41) is 26.4. The Labute approximate surface area is 239 Å². The molecule has 42 heavy (non-hydrogen) atoms. The molecule has 5 amide bonds. The van der Waals surface area contributed by atoms with Gasteiger partial charge in [-0.3, -0.25) is 28.8 Å². The van der Waals surface area contributed by atoms with Gasteiger partial charge in [0.05, 0.1) is 6.04 Å². The minimum absolute atomic E-state index is 0.0756. The van der Waals surface area contributed by atoms with Gasteiger partial charge in [0.25, 0.3) is 0 Å². The molecule has 4 atom stereocenters. The minimum Gasteiger partial charge on any atom is -0.481 e. The Kier molecular flexibility index (Phi) is 12.4. The van der Waals surface area contributed by atoms with Crippen LogP contribution in [0.1, 0.15) is 44.1 Å². The van der Waals surface area contributed by atoms with E-state index in [1.54, 1.807) is 30.5 Å². The third kappa shape index (κ3) is 10.5. The number of carboxylic acids is 2. The molecule has 0 saturated heterocycles. The smallest absolute Gasteiger partial charge is 0.326 e. The summed E-state index contributed by atoms with van der Waals surface area (Å²) < 4.78 is 0. The van der Waals surface area contributed by atoms with E-state index in [0.717, 1.165) is 10.9 Å². The minimum atomic E-state index is -1.54. The summed E-state index contributed by atoms with van der Waals surface area (Å²) in [5.74, 6) is -6.90. The number of rotatable bonds is 18. The van der Waals surface area contributed by atoms with Gasteiger partial charge in [0.15, 0.2) is 0 Å². The van der Waals surface area contributed by atoms with E-state index in [1.165, 1.54) is 0 Å². The molecular formula is C26H35N7O9. The lowest BCUT2D eigenvalue weighted by Crippen LogP contribution is -2.57. The number of H-pyrrole nitrogens is 1. The number of aromatic amines is 1. The second kappa shape index (κ2) is 15.7. The molecule has 1 aromatic carbocycles. The van der Waals surface area contributed by atoms with Crippen molar-refractivity contribution in [3.63, 3.8) is 0 Å². The second-order valence-corrected chi connectivity index (χ2v) is 9.63. The number of primary amides is 2. The lowest BCUT2D eigenvalue weighted by molar-refractivity contribution is -0.143. The van der Waals surface area contributed by atoms with E-state index in [4.69, 9.17) is 22.3 Å². The van der Waals surface area contributed by atoms with Crippen molar-refractivity contribution < 1.29 is 43.8 Å². The van der Waals surface area contributed by atoms with Crippen molar-refractivity contribution in [2.45, 2.75) is 69.1 Å². The zero-order valence-electron chi connectivity index (χ0n) is 22.6. The lowest BCUT2D eigenvalue weighted by atomic mass is 10.0. The number of benzene rings is 1. The van der Waals surface area contributed by atoms with E-state index in [2.05, 4.69) is 20.9 Å². The molecule has 4 unspecified atom stereocenters. The third-order valence-corrected chi connectivity index (χ3v) is 6.34. The molecule has 0 radical (unpaired) electrons. The standard InChI is InChI=1S/C26H35N7O9/c27-15(5-8-20(28)34)23(38)33-19(11-13-12-30-16-4-2-1-3-14(13)16)25(40)31-17(7-10-22(36)37)24(39)32-18(26(41)42)6-9-21(29)35/h1-4,12,15,17-19,30H,5-11,27H2,(H2,28,34)(H2,29,35)(H,31,40)(H,32,39)(H,33,38)(H,36,37)(H,41,42). The number of nitrogens with one attached hydrogen (secondary N) is 4. The van der Waals surface area contributed by atoms with Gasteiger partial charge in [0.2, 0.25) is 29.5 Å². The average molecular weight is 590 g/mol. The van der Waals surface area contributed by atoms with Crippen molar-refractivity contribution >= 4 is 52.4 Å². The normalized spacial score (nSPS) is 13.7. The molecule has 0 aliphatic rings. The summed E-state index contributed by atoms with van der Waals surface area (Å²) in [6.07, 6.45) is -0.366. The molecule has 16 heteroatoms. The van der Waals surface area contributed by atoms with E-state index in [0.29, 0.717) is 5.56 Å². The summed E-state index contributed by atoms with van der Waals surface area (Å²) in [4.78, 5) is 87.3. The van der Waals surface area contributed by atoms with Crippen LogP contribution in [0, 0.1) is 0 Å². The van der Waals surface area contributed by atoms with Gasteiger partial charge < -0.3 is 48.3 Å². The number of amides is 5. The molecule has 0 fully saturated rings. The Morgan fingerprint density at radius 2 is 1.29 bits per heavy atom. The van der Waals surface area contributed by atoms with Crippen LogP contribution in [0.4, 0.5) is 0 Å². The molecule has 0 bridgehead atoms. The average Bonchev–Trinajstić information content (AvgIpc) is 3.33. The van der Waals surface area contributed by atoms with Crippen molar-refractivity contribution in [1.82, 2.24) is 20.9 Å². The number of hydrogen-bond donors (Lipinski definition) is 9. The fourth-order valence-electron chi connectivity index (χ4n) is 4.06. The Morgan fingerprint density at radius 3 is 1.90 bits per heavy atom. The molecule has 0 saturated carbocycles. The van der Waals surface area contributed by atoms with E-state index in [-0.39, 0.29) is 32.1 Å². The van der Waals surface area contributed by atoms with Gasteiger partial charge in [0, 0.05) is 42.8 Å². The first-order chi connectivity index (χ1) is 19.8. The Balaban J connectivity index is 2.30. The summed E-state index contributed by atoms with van der Waals surface area (Å²) in [6, 6.07) is 1.59. The van der Waals surface area contributed by atoms with Gasteiger partial charge in [-0.1, -0.05) is 18.2 Å². The number of carbonyl (C=O) groups excluding carboxylic acids is 5. The quantitative estimate of drug-likeness (QED) is 0.0918. The van der Waals surface area contributed by atoms with Crippen molar-refractivity contribution in [3.8, 4) is 0 Å². The van der Waals surface area contributed by atoms with Crippen LogP contribution in [0.25, 0.3) is 10.9 Å². The molecule has 0 aliphatic carbocycles. The maximum absolute atomic E-state index is 13.5. The highest BCUT2D eigenvalue weighted by atomic mass is 16.4. The van der Waals surface area contributed by atoms with Crippen LogP contribution in [-0.2, 0) is 40.0 Å². The van der Waals surface area contributed by atoms with Gasteiger partial charge in [-0.25, -0.2) is 4.79 Å². The van der Waals surface area contributed by atoms with E-state index >= 15 is 0 Å². The predicted octanol–water partition coefficient (Wildman–Crippen LogP) is -2.03. The van der Waals surface area contributed by atoms with Gasteiger partial charge in [0.1, 0.15) is 18.1 Å². The molecule has 228 valence electrons. The van der Waals surface area contributed by atoms with Crippen LogP contribution in [-0.4, -0.2) is 80.8 Å². The number of carboxylic acid groups (broad SMARTS) is 2. The monoisotopic (exact) mass is 589 g/mol. The lowest BCUT2D eigenvalue weighted by Gasteiger charge is -2.25. The fraction of sp³-hybridized carbons (Fsp3) is 0.423. The summed E-state index contributed by atoms with van der Waals surface area (Å²) in [7, 11) is 0. The molecule has 16 nitrogen and oxygen atoms in total. The van der Waals surface area contributed by atoms with Crippen LogP contribution >= 0.6 is 0 Å². The van der Waals surface area contributed by atoms with Gasteiger partial charge in [-0.15, -0.1) is 0 Å². The van der Waals surface area contributed by atoms with E-state index < -0.39 is 78.5 Å². The highest BCUT2D eigenvalue weighted by Gasteiger charge is 2.31. The molecule has 0 spiro atoms. The second-order valence-electron chi connectivity index (χ2n) is 9.63. The first-order valence-corrected chi connectivity index (χ1v) is 13.0. The number of nitrogens with two attached hydrogens (primary N) is 3. The molecule has 1 aromatic heterocycles. The van der Waals surface area contributed by atoms with E-state index in [9.17, 15) is 38.7 Å². The van der Waals surface area contributed by atoms with Gasteiger partial charge in [-0.2, -0.15) is 0 Å². The van der Waals surface area contributed by atoms with Crippen LogP contribution in [0.3, 0.4) is 0 Å². The SMILES string of the molecule is NC(=O)CCC(N)C(=O)NC(Cc1c[nH]c2ccccc12)C(=O)NC(CCC(=O)O)C(=O)NC(CCC(N)=O)C(=O)O. The van der Waals surface area contributed by atoms with E-state index in [1.807, 2.05) is 0 Å².